The van der Waals surface area contributed by atoms with Crippen molar-refractivity contribution in [3.8, 4) is 17.2 Å². The fraction of sp³-hybridized carbons (Fsp3) is 0.455. The van der Waals surface area contributed by atoms with Gasteiger partial charge in [0.1, 0.15) is 0 Å². The quantitative estimate of drug-likeness (QED) is 0.617. The summed E-state index contributed by atoms with van der Waals surface area (Å²) in [4.78, 5) is 0. The van der Waals surface area contributed by atoms with Crippen LogP contribution in [0, 0.1) is 5.92 Å². The zero-order valence-corrected chi connectivity index (χ0v) is 10.2. The summed E-state index contributed by atoms with van der Waals surface area (Å²) in [5, 5.41) is 28.1. The highest BCUT2D eigenvalue weighted by Crippen LogP contribution is 2.40. The third-order valence-corrected chi connectivity index (χ3v) is 2.78. The molecule has 1 aromatic rings. The molecular weight excluding hydrogens is 230 g/mol. The Morgan fingerprint density at radius 3 is 2.25 bits per heavy atom. The number of nitrogens with two attached hydrogens (primary N) is 1. The Hall–Kier alpha value is -1.13. The van der Waals surface area contributed by atoms with Crippen molar-refractivity contribution in [1.29, 1.82) is 0 Å². The van der Waals surface area contributed by atoms with Crippen molar-refractivity contribution >= 4 is 12.4 Å². The number of phenols is 3. The lowest BCUT2D eigenvalue weighted by atomic mass is 9.92. The van der Waals surface area contributed by atoms with Crippen LogP contribution in [0.5, 0.6) is 17.2 Å². The zero-order valence-electron chi connectivity index (χ0n) is 9.34. The van der Waals surface area contributed by atoms with Crippen molar-refractivity contribution in [1.82, 2.24) is 0 Å². The van der Waals surface area contributed by atoms with Crippen molar-refractivity contribution in [2.24, 2.45) is 11.7 Å². The zero-order chi connectivity index (χ0) is 11.6. The van der Waals surface area contributed by atoms with E-state index in [0.717, 1.165) is 6.42 Å². The Kier molecular flexibility index (Phi) is 5.41. The second kappa shape index (κ2) is 5.82. The van der Waals surface area contributed by atoms with Crippen molar-refractivity contribution < 1.29 is 15.3 Å². The molecule has 4 nitrogen and oxygen atoms in total. The minimum Gasteiger partial charge on any atom is -0.504 e. The molecule has 0 saturated heterocycles. The first-order chi connectivity index (χ1) is 6.99. The van der Waals surface area contributed by atoms with Gasteiger partial charge in [-0.1, -0.05) is 20.3 Å². The van der Waals surface area contributed by atoms with Crippen molar-refractivity contribution in [2.45, 2.75) is 26.3 Å². The van der Waals surface area contributed by atoms with Gasteiger partial charge in [0, 0.05) is 11.6 Å². The van der Waals surface area contributed by atoms with E-state index < -0.39 is 5.75 Å². The van der Waals surface area contributed by atoms with Crippen molar-refractivity contribution in [2.75, 3.05) is 0 Å². The van der Waals surface area contributed by atoms with Gasteiger partial charge in [0.15, 0.2) is 11.5 Å². The molecule has 0 aromatic heterocycles. The lowest BCUT2D eigenvalue weighted by Gasteiger charge is -2.20. The maximum atomic E-state index is 9.60. The fourth-order valence-electron chi connectivity index (χ4n) is 1.41. The van der Waals surface area contributed by atoms with Gasteiger partial charge in [-0.3, -0.25) is 0 Å². The van der Waals surface area contributed by atoms with E-state index in [1.807, 2.05) is 13.8 Å². The molecule has 1 rings (SSSR count). The first-order valence-corrected chi connectivity index (χ1v) is 4.98. The van der Waals surface area contributed by atoms with Gasteiger partial charge < -0.3 is 21.1 Å². The van der Waals surface area contributed by atoms with Gasteiger partial charge in [-0.25, -0.2) is 0 Å². The summed E-state index contributed by atoms with van der Waals surface area (Å²) in [6.07, 6.45) is 0.877. The maximum absolute atomic E-state index is 9.60. The van der Waals surface area contributed by atoms with Gasteiger partial charge in [-0.05, 0) is 18.1 Å². The lowest BCUT2D eigenvalue weighted by molar-refractivity contribution is 0.356. The van der Waals surface area contributed by atoms with Crippen molar-refractivity contribution in [3.63, 3.8) is 0 Å². The topological polar surface area (TPSA) is 86.7 Å². The van der Waals surface area contributed by atoms with E-state index in [1.165, 1.54) is 12.1 Å². The van der Waals surface area contributed by atoms with Gasteiger partial charge >= 0.3 is 0 Å². The van der Waals surface area contributed by atoms with Gasteiger partial charge in [0.05, 0.1) is 0 Å². The molecule has 0 aliphatic carbocycles. The Morgan fingerprint density at radius 1 is 1.19 bits per heavy atom. The summed E-state index contributed by atoms with van der Waals surface area (Å²) in [6.45, 7) is 3.97. The lowest BCUT2D eigenvalue weighted by Crippen LogP contribution is -2.18. The van der Waals surface area contributed by atoms with E-state index in [9.17, 15) is 10.2 Å². The summed E-state index contributed by atoms with van der Waals surface area (Å²) in [7, 11) is 0. The van der Waals surface area contributed by atoms with E-state index in [0.29, 0.717) is 5.56 Å². The number of benzene rings is 1. The van der Waals surface area contributed by atoms with Crippen LogP contribution < -0.4 is 5.73 Å². The molecule has 0 saturated carbocycles. The molecule has 0 radical (unpaired) electrons. The van der Waals surface area contributed by atoms with Crippen LogP contribution in [0.2, 0.25) is 0 Å². The average molecular weight is 248 g/mol. The minimum absolute atomic E-state index is 0. The maximum Gasteiger partial charge on any atom is 0.200 e. The molecule has 0 amide bonds. The van der Waals surface area contributed by atoms with E-state index in [1.54, 1.807) is 0 Å². The van der Waals surface area contributed by atoms with Crippen LogP contribution in [0.4, 0.5) is 0 Å². The summed E-state index contributed by atoms with van der Waals surface area (Å²) < 4.78 is 0. The van der Waals surface area contributed by atoms with Gasteiger partial charge in [-0.2, -0.15) is 0 Å². The third kappa shape index (κ3) is 2.71. The predicted molar refractivity (Wildman–Crippen MR) is 65.1 cm³/mol. The Morgan fingerprint density at radius 2 is 1.75 bits per heavy atom. The van der Waals surface area contributed by atoms with Crippen LogP contribution in [-0.4, -0.2) is 15.3 Å². The highest BCUT2D eigenvalue weighted by Gasteiger charge is 2.20. The largest absolute Gasteiger partial charge is 0.504 e. The molecule has 16 heavy (non-hydrogen) atoms. The van der Waals surface area contributed by atoms with Crippen LogP contribution in [-0.2, 0) is 0 Å². The van der Waals surface area contributed by atoms with Gasteiger partial charge in [0.2, 0.25) is 5.75 Å². The highest BCUT2D eigenvalue weighted by molar-refractivity contribution is 5.85. The summed E-state index contributed by atoms with van der Waals surface area (Å²) in [5.41, 5.74) is 6.37. The Balaban J connectivity index is 0.00000225. The summed E-state index contributed by atoms with van der Waals surface area (Å²) in [6, 6.07) is 2.51. The minimum atomic E-state index is -0.508. The van der Waals surface area contributed by atoms with E-state index in [-0.39, 0.29) is 35.9 Å². The highest BCUT2D eigenvalue weighted by atomic mass is 35.5. The molecule has 1 unspecified atom stereocenters. The van der Waals surface area contributed by atoms with Crippen LogP contribution in [0.3, 0.4) is 0 Å². The Labute approximate surface area is 101 Å². The van der Waals surface area contributed by atoms with Crippen LogP contribution in [0.25, 0.3) is 0 Å². The molecule has 5 heteroatoms. The molecule has 92 valence electrons. The van der Waals surface area contributed by atoms with Crippen molar-refractivity contribution in [3.05, 3.63) is 17.7 Å². The standard InChI is InChI=1S/C11H17NO3.ClH/c1-3-6(2)9(12)7-4-5-8(13)11(15)10(7)14;/h4-6,9,13-15H,3,12H2,1-2H3;1H/t6?,9-;/m0./s1. The third-order valence-electron chi connectivity index (χ3n) is 2.78. The molecule has 5 N–H and O–H groups in total. The van der Waals surface area contributed by atoms with E-state index >= 15 is 0 Å². The van der Waals surface area contributed by atoms with Crippen LogP contribution in [0.15, 0.2) is 12.1 Å². The Bertz CT molecular complexity index is 357. The number of phenolic OH excluding ortho intramolecular Hbond substituents is 3. The number of halogens is 1. The molecule has 2 atom stereocenters. The van der Waals surface area contributed by atoms with Crippen LogP contribution in [0.1, 0.15) is 31.9 Å². The van der Waals surface area contributed by atoms with E-state index in [2.05, 4.69) is 0 Å². The molecule has 0 aliphatic heterocycles. The molecule has 0 aliphatic rings. The number of hydrogen-bond donors (Lipinski definition) is 4. The number of rotatable bonds is 3. The molecule has 1 aromatic carbocycles. The molecular formula is C11H18ClNO3. The van der Waals surface area contributed by atoms with Gasteiger partial charge in [0.25, 0.3) is 0 Å². The van der Waals surface area contributed by atoms with E-state index in [4.69, 9.17) is 10.8 Å². The molecule has 0 fully saturated rings. The van der Waals surface area contributed by atoms with Gasteiger partial charge in [-0.15, -0.1) is 12.4 Å². The predicted octanol–water partition coefficient (Wildman–Crippen LogP) is 2.27. The second-order valence-corrected chi connectivity index (χ2v) is 3.78. The normalized spacial score (nSPS) is 13.9. The number of aromatic hydroxyl groups is 3. The monoisotopic (exact) mass is 247 g/mol. The number of hydrogen-bond acceptors (Lipinski definition) is 4. The summed E-state index contributed by atoms with van der Waals surface area (Å²) in [5.74, 6) is -0.985. The summed E-state index contributed by atoms with van der Waals surface area (Å²) >= 11 is 0. The molecule has 0 heterocycles. The first-order valence-electron chi connectivity index (χ1n) is 4.98. The van der Waals surface area contributed by atoms with Crippen LogP contribution >= 0.6 is 12.4 Å². The average Bonchev–Trinajstić information content (AvgIpc) is 2.24. The molecule has 0 spiro atoms. The smallest absolute Gasteiger partial charge is 0.200 e. The SMILES string of the molecule is CCC(C)[C@H](N)c1ccc(O)c(O)c1O.Cl. The second-order valence-electron chi connectivity index (χ2n) is 3.78. The molecule has 0 bridgehead atoms. The fourth-order valence-corrected chi connectivity index (χ4v) is 1.41. The first kappa shape index (κ1) is 14.9.